The average molecular weight is 632 g/mol. The first-order valence-electron chi connectivity index (χ1n) is 12.3. The summed E-state index contributed by atoms with van der Waals surface area (Å²) in [4.78, 5) is 43.8. The van der Waals surface area contributed by atoms with Crippen LogP contribution in [0.2, 0.25) is 0 Å². The summed E-state index contributed by atoms with van der Waals surface area (Å²) < 4.78 is 12.0. The maximum atomic E-state index is 14.0. The monoisotopic (exact) mass is 632 g/mol. The van der Waals surface area contributed by atoms with Gasteiger partial charge in [0.2, 0.25) is 0 Å². The Morgan fingerprint density at radius 2 is 1.56 bits per heavy atom. The Bertz CT molecular complexity index is 1640. The van der Waals surface area contributed by atoms with Crippen molar-refractivity contribution in [2.45, 2.75) is 13.8 Å². The van der Waals surface area contributed by atoms with E-state index >= 15 is 0 Å². The number of amides is 4. The van der Waals surface area contributed by atoms with Crippen LogP contribution in [0.25, 0.3) is 16.8 Å². The van der Waals surface area contributed by atoms with Gasteiger partial charge in [-0.3, -0.25) is 9.59 Å². The lowest BCUT2D eigenvalue weighted by molar-refractivity contribution is -0.121. The van der Waals surface area contributed by atoms with Crippen molar-refractivity contribution < 1.29 is 23.9 Å². The van der Waals surface area contributed by atoms with E-state index < -0.39 is 17.8 Å². The van der Waals surface area contributed by atoms with Crippen molar-refractivity contribution in [3.63, 3.8) is 0 Å². The van der Waals surface area contributed by atoms with Gasteiger partial charge in [0.15, 0.2) is 11.5 Å². The Morgan fingerprint density at radius 1 is 0.872 bits per heavy atom. The number of anilines is 2. The fourth-order valence-electron chi connectivity index (χ4n) is 4.54. The Labute approximate surface area is 239 Å². The molecule has 1 heterocycles. The predicted octanol–water partition coefficient (Wildman–Crippen LogP) is 6.74. The first-order chi connectivity index (χ1) is 18.8. The summed E-state index contributed by atoms with van der Waals surface area (Å²) >= 11 is 2.13. The van der Waals surface area contributed by atoms with Gasteiger partial charge in [0.25, 0.3) is 11.8 Å². The maximum absolute atomic E-state index is 14.0. The van der Waals surface area contributed by atoms with Crippen LogP contribution in [0.5, 0.6) is 11.5 Å². The molecule has 0 aliphatic carbocycles. The van der Waals surface area contributed by atoms with E-state index in [1.54, 1.807) is 36.4 Å². The van der Waals surface area contributed by atoms with Gasteiger partial charge in [-0.25, -0.2) is 14.6 Å². The van der Waals surface area contributed by atoms with Gasteiger partial charge < -0.3 is 9.47 Å². The lowest BCUT2D eigenvalue weighted by atomic mass is 10.0. The number of carbonyl (C=O) groups excluding carboxylic acids is 3. The van der Waals surface area contributed by atoms with Gasteiger partial charge in [-0.1, -0.05) is 54.1 Å². The fraction of sp³-hybridized carbons (Fsp3) is 0.129. The molecule has 0 unspecified atom stereocenters. The van der Waals surface area contributed by atoms with E-state index in [9.17, 15) is 14.4 Å². The molecule has 0 aromatic heterocycles. The minimum Gasteiger partial charge on any atom is -0.493 e. The molecule has 1 fully saturated rings. The molecule has 1 aliphatic rings. The zero-order valence-electron chi connectivity index (χ0n) is 21.6. The number of nitrogens with zero attached hydrogens (tertiary/aromatic N) is 2. The Kier molecular flexibility index (Phi) is 7.38. The molecule has 196 valence electrons. The number of urea groups is 1. The third kappa shape index (κ3) is 4.87. The number of hydrogen-bond donors (Lipinski definition) is 0. The van der Waals surface area contributed by atoms with E-state index in [2.05, 4.69) is 22.6 Å². The van der Waals surface area contributed by atoms with Crippen molar-refractivity contribution in [2.75, 3.05) is 23.5 Å². The molecule has 0 atom stereocenters. The molecule has 4 amide bonds. The minimum absolute atomic E-state index is 0.148. The smallest absolute Gasteiger partial charge is 0.343 e. The Hall–Kier alpha value is -4.18. The van der Waals surface area contributed by atoms with E-state index in [0.29, 0.717) is 35.0 Å². The largest absolute Gasteiger partial charge is 0.493 e. The number of benzene rings is 4. The van der Waals surface area contributed by atoms with Gasteiger partial charge in [0, 0.05) is 5.39 Å². The van der Waals surface area contributed by atoms with E-state index in [4.69, 9.17) is 9.47 Å². The SMILES string of the molecule is CCOc1c(I)cc(/C=C2\C(=O)N(c3ccc(C)cc3)C(=O)N(c3cccc4ccccc34)C2=O)cc1OC. The molecule has 0 spiro atoms. The van der Waals surface area contributed by atoms with Gasteiger partial charge in [0.1, 0.15) is 5.57 Å². The van der Waals surface area contributed by atoms with Crippen molar-refractivity contribution >= 4 is 68.7 Å². The van der Waals surface area contributed by atoms with Gasteiger partial charge in [0.05, 0.1) is 28.7 Å². The highest BCUT2D eigenvalue weighted by Gasteiger charge is 2.44. The first-order valence-corrected chi connectivity index (χ1v) is 13.4. The number of aryl methyl sites for hydroxylation is 1. The van der Waals surface area contributed by atoms with Crippen molar-refractivity contribution in [1.29, 1.82) is 0 Å². The van der Waals surface area contributed by atoms with Crippen LogP contribution < -0.4 is 19.3 Å². The topological polar surface area (TPSA) is 76.2 Å². The third-order valence-electron chi connectivity index (χ3n) is 6.40. The normalized spacial score (nSPS) is 14.9. The van der Waals surface area contributed by atoms with Crippen molar-refractivity contribution in [3.8, 4) is 11.5 Å². The molecule has 0 bridgehead atoms. The number of rotatable bonds is 6. The number of hydrogen-bond acceptors (Lipinski definition) is 5. The maximum Gasteiger partial charge on any atom is 0.343 e. The van der Waals surface area contributed by atoms with Crippen molar-refractivity contribution in [1.82, 2.24) is 0 Å². The highest BCUT2D eigenvalue weighted by molar-refractivity contribution is 14.1. The highest BCUT2D eigenvalue weighted by Crippen LogP contribution is 2.37. The van der Waals surface area contributed by atoms with E-state index in [0.717, 1.165) is 29.7 Å². The summed E-state index contributed by atoms with van der Waals surface area (Å²) in [6.07, 6.45) is 1.50. The quantitative estimate of drug-likeness (QED) is 0.134. The molecule has 1 saturated heterocycles. The number of methoxy groups -OCH3 is 1. The van der Waals surface area contributed by atoms with Crippen LogP contribution in [0.4, 0.5) is 16.2 Å². The fourth-order valence-corrected chi connectivity index (χ4v) is 5.32. The number of carbonyl (C=O) groups is 3. The molecule has 4 aromatic rings. The van der Waals surface area contributed by atoms with E-state index in [-0.39, 0.29) is 5.57 Å². The molecule has 7 nitrogen and oxygen atoms in total. The zero-order valence-corrected chi connectivity index (χ0v) is 23.8. The van der Waals surface area contributed by atoms with Crippen LogP contribution in [0.3, 0.4) is 0 Å². The number of imide groups is 2. The second-order valence-electron chi connectivity index (χ2n) is 8.92. The predicted molar refractivity (Wildman–Crippen MR) is 160 cm³/mol. The second kappa shape index (κ2) is 10.9. The van der Waals surface area contributed by atoms with Crippen LogP contribution >= 0.6 is 22.6 Å². The van der Waals surface area contributed by atoms with Crippen LogP contribution in [0.1, 0.15) is 18.1 Å². The van der Waals surface area contributed by atoms with Gasteiger partial charge in [-0.05, 0) is 83.8 Å². The van der Waals surface area contributed by atoms with Gasteiger partial charge in [-0.15, -0.1) is 0 Å². The number of halogens is 1. The zero-order chi connectivity index (χ0) is 27.7. The Morgan fingerprint density at radius 3 is 2.28 bits per heavy atom. The second-order valence-corrected chi connectivity index (χ2v) is 10.1. The summed E-state index contributed by atoms with van der Waals surface area (Å²) in [7, 11) is 1.53. The lowest BCUT2D eigenvalue weighted by Crippen LogP contribution is -2.57. The molecular formula is C31H25IN2O5. The Balaban J connectivity index is 1.70. The van der Waals surface area contributed by atoms with Crippen LogP contribution in [0, 0.1) is 10.5 Å². The molecule has 0 saturated carbocycles. The van der Waals surface area contributed by atoms with Crippen molar-refractivity contribution in [3.05, 3.63) is 99.1 Å². The molecule has 1 aliphatic heterocycles. The number of fused-ring (bicyclic) bond motifs is 1. The highest BCUT2D eigenvalue weighted by atomic mass is 127. The summed E-state index contributed by atoms with van der Waals surface area (Å²) in [6, 6.07) is 22.7. The van der Waals surface area contributed by atoms with Crippen LogP contribution in [0.15, 0.2) is 84.4 Å². The average Bonchev–Trinajstić information content (AvgIpc) is 2.93. The molecule has 39 heavy (non-hydrogen) atoms. The summed E-state index contributed by atoms with van der Waals surface area (Å²) in [5, 5.41) is 1.59. The summed E-state index contributed by atoms with van der Waals surface area (Å²) in [6.45, 7) is 4.25. The van der Waals surface area contributed by atoms with Crippen molar-refractivity contribution in [2.24, 2.45) is 0 Å². The molecule has 4 aromatic carbocycles. The van der Waals surface area contributed by atoms with Crippen LogP contribution in [-0.2, 0) is 9.59 Å². The van der Waals surface area contributed by atoms with E-state index in [1.807, 2.05) is 56.3 Å². The summed E-state index contributed by atoms with van der Waals surface area (Å²) in [5.41, 5.74) is 2.16. The molecule has 0 N–H and O–H groups in total. The van der Waals surface area contributed by atoms with Crippen LogP contribution in [-0.4, -0.2) is 31.6 Å². The number of barbiturate groups is 1. The molecular weight excluding hydrogens is 607 g/mol. The standard InChI is InChI=1S/C31H25IN2O5/c1-4-39-28-25(32)17-20(18-27(28)38-3)16-24-29(35)33(22-14-12-19(2)13-15-22)31(37)34(30(24)36)26-11-7-9-21-8-5-6-10-23(21)26/h5-18H,4H2,1-3H3/b24-16+. The number of ether oxygens (including phenoxy) is 2. The molecule has 0 radical (unpaired) electrons. The van der Waals surface area contributed by atoms with Gasteiger partial charge in [-0.2, -0.15) is 0 Å². The molecule has 8 heteroatoms. The minimum atomic E-state index is -0.735. The van der Waals surface area contributed by atoms with E-state index in [1.165, 1.54) is 13.2 Å². The van der Waals surface area contributed by atoms with Gasteiger partial charge >= 0.3 is 6.03 Å². The third-order valence-corrected chi connectivity index (χ3v) is 7.20. The first kappa shape index (κ1) is 26.4. The summed E-state index contributed by atoms with van der Waals surface area (Å²) in [5.74, 6) is -0.345. The molecule has 5 rings (SSSR count). The lowest BCUT2D eigenvalue weighted by Gasteiger charge is -2.34.